The highest BCUT2D eigenvalue weighted by molar-refractivity contribution is 8.00. The summed E-state index contributed by atoms with van der Waals surface area (Å²) < 4.78 is 50.2. The van der Waals surface area contributed by atoms with Crippen molar-refractivity contribution in [1.82, 2.24) is 9.78 Å². The molecule has 2 aromatic rings. The molecule has 0 spiro atoms. The zero-order valence-corrected chi connectivity index (χ0v) is 17.0. The lowest BCUT2D eigenvalue weighted by molar-refractivity contribution is -0.385. The number of nitro benzene ring substituents is 1. The molecule has 0 aliphatic carbocycles. The van der Waals surface area contributed by atoms with E-state index in [0.29, 0.717) is 4.68 Å². The second-order valence-corrected chi connectivity index (χ2v) is 7.60. The fourth-order valence-electron chi connectivity index (χ4n) is 2.23. The van der Waals surface area contributed by atoms with Crippen LogP contribution in [0, 0.1) is 10.1 Å². The van der Waals surface area contributed by atoms with E-state index in [1.807, 2.05) is 0 Å². The van der Waals surface area contributed by atoms with Gasteiger partial charge in [-0.25, -0.2) is 0 Å². The molecule has 0 saturated heterocycles. The number of aryl methyl sites for hydroxylation is 1. The van der Waals surface area contributed by atoms with Crippen molar-refractivity contribution in [2.45, 2.75) is 18.3 Å². The van der Waals surface area contributed by atoms with Crippen molar-refractivity contribution >= 4 is 35.0 Å². The van der Waals surface area contributed by atoms with Gasteiger partial charge in [0.1, 0.15) is 10.8 Å². The van der Waals surface area contributed by atoms with Crippen LogP contribution in [0.5, 0.6) is 17.4 Å². The molecule has 1 unspecified atom stereocenters. The summed E-state index contributed by atoms with van der Waals surface area (Å²) in [5.74, 6) is -1.60. The molecule has 0 amide bonds. The normalized spacial score (nSPS) is 12.5. The predicted molar refractivity (Wildman–Crippen MR) is 101 cm³/mol. The molecule has 1 aromatic heterocycles. The Morgan fingerprint density at radius 3 is 2.67 bits per heavy atom. The molecule has 0 fully saturated rings. The van der Waals surface area contributed by atoms with E-state index < -0.39 is 44.6 Å². The van der Waals surface area contributed by atoms with Crippen LogP contribution in [0.1, 0.15) is 12.6 Å². The van der Waals surface area contributed by atoms with Gasteiger partial charge < -0.3 is 14.6 Å². The number of nitro groups is 1. The Hall–Kier alpha value is -2.67. The molecule has 14 heteroatoms. The van der Waals surface area contributed by atoms with Gasteiger partial charge in [-0.2, -0.15) is 13.2 Å². The lowest BCUT2D eigenvalue weighted by Crippen LogP contribution is -2.14. The number of carboxylic acid groups (broad SMARTS) is 1. The second-order valence-electron chi connectivity index (χ2n) is 5.78. The molecule has 1 heterocycles. The van der Waals surface area contributed by atoms with Crippen molar-refractivity contribution < 1.29 is 37.5 Å². The van der Waals surface area contributed by atoms with Crippen molar-refractivity contribution in [3.8, 4) is 17.4 Å². The third kappa shape index (κ3) is 5.69. The highest BCUT2D eigenvalue weighted by Crippen LogP contribution is 2.41. The molecule has 2 rings (SSSR count). The van der Waals surface area contributed by atoms with Gasteiger partial charge in [0, 0.05) is 24.9 Å². The summed E-state index contributed by atoms with van der Waals surface area (Å²) in [6.07, 6.45) is -4.76. The lowest BCUT2D eigenvalue weighted by Gasteiger charge is -2.10. The first-order chi connectivity index (χ1) is 13.9. The van der Waals surface area contributed by atoms with Gasteiger partial charge in [-0.1, -0.05) is 11.6 Å². The summed E-state index contributed by atoms with van der Waals surface area (Å²) in [7, 11) is 1.04. The Bertz CT molecular complexity index is 953. The standard InChI is InChI=1S/C16H15ClF3N3O6S/c1-8(15(24)25)30-6-5-28-11-7-9(3-4-10(11)23(26)27)29-14-12(17)13(16(18,19)20)22(2)21-14/h3-4,7-8H,5-6H2,1-2H3,(H,24,25). The van der Waals surface area contributed by atoms with Crippen molar-refractivity contribution in [2.24, 2.45) is 7.05 Å². The molecule has 1 aromatic carbocycles. The number of nitrogens with zero attached hydrogens (tertiary/aromatic N) is 3. The lowest BCUT2D eigenvalue weighted by atomic mass is 10.3. The van der Waals surface area contributed by atoms with Gasteiger partial charge in [0.25, 0.3) is 5.88 Å². The number of hydrogen-bond acceptors (Lipinski definition) is 7. The fourth-order valence-corrected chi connectivity index (χ4v) is 3.21. The third-order valence-corrected chi connectivity index (χ3v) is 5.07. The Morgan fingerprint density at radius 1 is 1.47 bits per heavy atom. The quantitative estimate of drug-likeness (QED) is 0.327. The first-order valence-electron chi connectivity index (χ1n) is 8.15. The van der Waals surface area contributed by atoms with Crippen LogP contribution in [0.15, 0.2) is 18.2 Å². The molecule has 164 valence electrons. The first kappa shape index (κ1) is 23.6. The van der Waals surface area contributed by atoms with Crippen LogP contribution in [0.4, 0.5) is 18.9 Å². The molecule has 0 aliphatic rings. The highest BCUT2D eigenvalue weighted by Gasteiger charge is 2.39. The van der Waals surface area contributed by atoms with Gasteiger partial charge in [0.15, 0.2) is 5.69 Å². The van der Waals surface area contributed by atoms with Crippen LogP contribution in [0.2, 0.25) is 5.02 Å². The van der Waals surface area contributed by atoms with E-state index in [1.54, 1.807) is 0 Å². The van der Waals surface area contributed by atoms with Gasteiger partial charge in [-0.3, -0.25) is 19.6 Å². The van der Waals surface area contributed by atoms with Crippen molar-refractivity contribution in [2.75, 3.05) is 12.4 Å². The number of halogens is 4. The van der Waals surface area contributed by atoms with Crippen LogP contribution < -0.4 is 9.47 Å². The van der Waals surface area contributed by atoms with Crippen LogP contribution in [0.3, 0.4) is 0 Å². The van der Waals surface area contributed by atoms with Crippen molar-refractivity contribution in [3.63, 3.8) is 0 Å². The second kappa shape index (κ2) is 9.43. The molecule has 0 aliphatic heterocycles. The average Bonchev–Trinajstić information content (AvgIpc) is 2.91. The minimum atomic E-state index is -4.76. The monoisotopic (exact) mass is 469 g/mol. The number of carboxylic acids is 1. The third-order valence-electron chi connectivity index (χ3n) is 3.63. The molecule has 0 bridgehead atoms. The van der Waals surface area contributed by atoms with Crippen LogP contribution >= 0.6 is 23.4 Å². The minimum Gasteiger partial charge on any atom is -0.486 e. The predicted octanol–water partition coefficient (Wildman–Crippen LogP) is 4.38. The molecule has 9 nitrogen and oxygen atoms in total. The summed E-state index contributed by atoms with van der Waals surface area (Å²) in [6, 6.07) is 3.32. The largest absolute Gasteiger partial charge is 0.486 e. The molecule has 1 atom stereocenters. The van der Waals surface area contributed by atoms with Gasteiger partial charge in [0.2, 0.25) is 5.75 Å². The van der Waals surface area contributed by atoms with E-state index >= 15 is 0 Å². The van der Waals surface area contributed by atoms with E-state index in [4.69, 9.17) is 26.2 Å². The van der Waals surface area contributed by atoms with E-state index in [2.05, 4.69) is 5.10 Å². The number of hydrogen-bond donors (Lipinski definition) is 1. The number of aromatic nitrogens is 2. The molecular weight excluding hydrogens is 455 g/mol. The van der Waals surface area contributed by atoms with E-state index in [0.717, 1.165) is 37.0 Å². The molecule has 0 saturated carbocycles. The minimum absolute atomic E-state index is 0.0465. The number of alkyl halides is 3. The zero-order valence-electron chi connectivity index (χ0n) is 15.5. The van der Waals surface area contributed by atoms with Crippen LogP contribution in [-0.2, 0) is 18.0 Å². The van der Waals surface area contributed by atoms with E-state index in [9.17, 15) is 28.1 Å². The van der Waals surface area contributed by atoms with Crippen LogP contribution in [-0.4, -0.2) is 43.4 Å². The zero-order chi connectivity index (χ0) is 22.6. The maximum absolute atomic E-state index is 13.0. The Kier molecular flexibility index (Phi) is 7.42. The van der Waals surface area contributed by atoms with Gasteiger partial charge in [-0.15, -0.1) is 16.9 Å². The van der Waals surface area contributed by atoms with Gasteiger partial charge >= 0.3 is 17.8 Å². The SMILES string of the molecule is CC(SCCOc1cc(Oc2nn(C)c(C(F)(F)F)c2Cl)ccc1[N+](=O)[O-])C(=O)O. The molecular formula is C16H15ClF3N3O6S. The van der Waals surface area contributed by atoms with E-state index in [1.165, 1.54) is 6.92 Å². The average molecular weight is 470 g/mol. The van der Waals surface area contributed by atoms with Gasteiger partial charge in [-0.05, 0) is 13.0 Å². The molecule has 30 heavy (non-hydrogen) atoms. The van der Waals surface area contributed by atoms with Crippen molar-refractivity contribution in [1.29, 1.82) is 0 Å². The van der Waals surface area contributed by atoms with E-state index in [-0.39, 0.29) is 23.9 Å². The molecule has 0 radical (unpaired) electrons. The number of rotatable bonds is 9. The Balaban J connectivity index is 2.20. The Morgan fingerprint density at radius 2 is 2.13 bits per heavy atom. The number of thioether (sulfide) groups is 1. The van der Waals surface area contributed by atoms with Gasteiger partial charge in [0.05, 0.1) is 16.8 Å². The maximum Gasteiger partial charge on any atom is 0.434 e. The smallest absolute Gasteiger partial charge is 0.434 e. The first-order valence-corrected chi connectivity index (χ1v) is 9.57. The topological polar surface area (TPSA) is 117 Å². The van der Waals surface area contributed by atoms with Crippen LogP contribution in [0.25, 0.3) is 0 Å². The summed E-state index contributed by atoms with van der Waals surface area (Å²) in [5.41, 5.74) is -1.61. The summed E-state index contributed by atoms with van der Waals surface area (Å²) in [5, 5.41) is 22.1. The number of ether oxygens (including phenoxy) is 2. The molecule has 1 N–H and O–H groups in total. The maximum atomic E-state index is 13.0. The Labute approximate surface area is 176 Å². The number of aliphatic carboxylic acids is 1. The number of benzene rings is 1. The summed E-state index contributed by atoms with van der Waals surface area (Å²) >= 11 is 6.80. The highest BCUT2D eigenvalue weighted by atomic mass is 35.5. The summed E-state index contributed by atoms with van der Waals surface area (Å²) in [4.78, 5) is 21.3. The number of carbonyl (C=O) groups is 1. The summed E-state index contributed by atoms with van der Waals surface area (Å²) in [6.45, 7) is 1.44. The van der Waals surface area contributed by atoms with Crippen molar-refractivity contribution in [3.05, 3.63) is 39.0 Å². The fraction of sp³-hybridized carbons (Fsp3) is 0.375.